The Balaban J connectivity index is 1.55. The molecular formula is C22H21N3O3. The van der Waals surface area contributed by atoms with Gasteiger partial charge in [-0.05, 0) is 36.4 Å². The number of furan rings is 1. The number of ether oxygens (including phenoxy) is 1. The smallest absolute Gasteiger partial charge is 0.242 e. The van der Waals surface area contributed by atoms with Crippen molar-refractivity contribution in [2.45, 2.75) is 19.7 Å². The second kappa shape index (κ2) is 8.00. The zero-order chi connectivity index (χ0) is 19.3. The van der Waals surface area contributed by atoms with Crippen LogP contribution in [0, 0.1) is 0 Å². The Labute approximate surface area is 163 Å². The number of likely N-dealkylation sites (N-methyl/N-ethyl adjacent to an activating group) is 1. The Kier molecular flexibility index (Phi) is 5.10. The molecule has 6 nitrogen and oxygen atoms in total. The van der Waals surface area contributed by atoms with Gasteiger partial charge in [0.15, 0.2) is 0 Å². The Morgan fingerprint density at radius 1 is 1.07 bits per heavy atom. The first-order chi connectivity index (χ1) is 13.7. The number of hydrogen-bond acceptors (Lipinski definition) is 4. The molecule has 0 saturated carbocycles. The summed E-state index contributed by atoms with van der Waals surface area (Å²) < 4.78 is 13.1. The van der Waals surface area contributed by atoms with Crippen LogP contribution in [0.2, 0.25) is 0 Å². The lowest BCUT2D eigenvalue weighted by molar-refractivity contribution is -0.131. The van der Waals surface area contributed by atoms with Crippen molar-refractivity contribution >= 4 is 16.9 Å². The van der Waals surface area contributed by atoms with Gasteiger partial charge in [-0.25, -0.2) is 4.98 Å². The lowest BCUT2D eigenvalue weighted by atomic mass is 10.3. The van der Waals surface area contributed by atoms with Crippen LogP contribution in [0.1, 0.15) is 11.6 Å². The third kappa shape index (κ3) is 3.91. The van der Waals surface area contributed by atoms with Crippen molar-refractivity contribution in [1.82, 2.24) is 14.5 Å². The van der Waals surface area contributed by atoms with Crippen LogP contribution >= 0.6 is 0 Å². The number of carbonyl (C=O) groups is 1. The van der Waals surface area contributed by atoms with Gasteiger partial charge < -0.3 is 18.6 Å². The van der Waals surface area contributed by atoms with Gasteiger partial charge in [-0.1, -0.05) is 30.3 Å². The van der Waals surface area contributed by atoms with Crippen molar-refractivity contribution in [1.29, 1.82) is 0 Å². The summed E-state index contributed by atoms with van der Waals surface area (Å²) >= 11 is 0. The summed E-state index contributed by atoms with van der Waals surface area (Å²) in [5, 5.41) is 0. The van der Waals surface area contributed by atoms with E-state index in [9.17, 15) is 4.79 Å². The van der Waals surface area contributed by atoms with Crippen LogP contribution in [0.3, 0.4) is 0 Å². The Morgan fingerprint density at radius 3 is 2.64 bits per heavy atom. The molecule has 4 aromatic rings. The molecule has 28 heavy (non-hydrogen) atoms. The van der Waals surface area contributed by atoms with Crippen LogP contribution in [0.4, 0.5) is 0 Å². The highest BCUT2D eigenvalue weighted by Crippen LogP contribution is 2.19. The van der Waals surface area contributed by atoms with Crippen molar-refractivity contribution in [3.8, 4) is 5.75 Å². The predicted molar refractivity (Wildman–Crippen MR) is 106 cm³/mol. The normalized spacial score (nSPS) is 10.9. The number of nitrogens with zero attached hydrogens (tertiary/aromatic N) is 3. The quantitative estimate of drug-likeness (QED) is 0.492. The fourth-order valence-electron chi connectivity index (χ4n) is 3.06. The van der Waals surface area contributed by atoms with Crippen molar-refractivity contribution < 1.29 is 13.9 Å². The summed E-state index contributed by atoms with van der Waals surface area (Å²) in [6.07, 6.45) is 1.61. The average Bonchev–Trinajstić information content (AvgIpc) is 3.35. The molecule has 0 aliphatic rings. The zero-order valence-electron chi connectivity index (χ0n) is 15.6. The second-order valence-electron chi connectivity index (χ2n) is 6.53. The van der Waals surface area contributed by atoms with E-state index in [0.717, 1.165) is 22.5 Å². The summed E-state index contributed by atoms with van der Waals surface area (Å²) in [4.78, 5) is 19.1. The molecule has 142 valence electrons. The van der Waals surface area contributed by atoms with Crippen molar-refractivity contribution in [3.63, 3.8) is 0 Å². The van der Waals surface area contributed by atoms with E-state index in [1.165, 1.54) is 0 Å². The van der Waals surface area contributed by atoms with Crippen molar-refractivity contribution in [3.05, 3.63) is 84.6 Å². The lowest BCUT2D eigenvalue weighted by Crippen LogP contribution is -2.30. The molecule has 0 atom stereocenters. The molecule has 2 aromatic heterocycles. The number of para-hydroxylation sites is 3. The Bertz CT molecular complexity index is 1060. The number of carbonyl (C=O) groups excluding carboxylic acids is 1. The largest absolute Gasteiger partial charge is 0.486 e. The molecular weight excluding hydrogens is 354 g/mol. The molecule has 0 aliphatic carbocycles. The average molecular weight is 375 g/mol. The summed E-state index contributed by atoms with van der Waals surface area (Å²) in [5.41, 5.74) is 1.75. The van der Waals surface area contributed by atoms with Crippen molar-refractivity contribution in [2.24, 2.45) is 0 Å². The van der Waals surface area contributed by atoms with Gasteiger partial charge in [-0.3, -0.25) is 4.79 Å². The number of rotatable bonds is 7. The zero-order valence-corrected chi connectivity index (χ0v) is 15.6. The van der Waals surface area contributed by atoms with Gasteiger partial charge in [0.2, 0.25) is 5.91 Å². The first-order valence-electron chi connectivity index (χ1n) is 9.09. The molecule has 0 saturated heterocycles. The van der Waals surface area contributed by atoms with Gasteiger partial charge in [0, 0.05) is 7.05 Å². The third-order valence-corrected chi connectivity index (χ3v) is 4.54. The van der Waals surface area contributed by atoms with Gasteiger partial charge in [0.05, 0.1) is 23.8 Å². The van der Waals surface area contributed by atoms with E-state index in [-0.39, 0.29) is 19.1 Å². The number of benzene rings is 2. The maximum Gasteiger partial charge on any atom is 0.242 e. The molecule has 0 unspecified atom stereocenters. The van der Waals surface area contributed by atoms with Gasteiger partial charge in [0.1, 0.15) is 30.5 Å². The molecule has 2 aromatic carbocycles. The highest BCUT2D eigenvalue weighted by molar-refractivity contribution is 5.81. The molecule has 6 heteroatoms. The Morgan fingerprint density at radius 2 is 1.86 bits per heavy atom. The minimum atomic E-state index is -0.0273. The molecule has 0 spiro atoms. The molecule has 4 rings (SSSR count). The molecule has 1 amide bonds. The summed E-state index contributed by atoms with van der Waals surface area (Å²) in [6.45, 7) is 0.896. The van der Waals surface area contributed by atoms with Gasteiger partial charge in [0.25, 0.3) is 0 Å². The minimum Gasteiger partial charge on any atom is -0.486 e. The second-order valence-corrected chi connectivity index (χ2v) is 6.53. The van der Waals surface area contributed by atoms with E-state index >= 15 is 0 Å². The van der Waals surface area contributed by atoms with Crippen LogP contribution < -0.4 is 4.74 Å². The number of hydrogen-bond donors (Lipinski definition) is 0. The van der Waals surface area contributed by atoms with Crippen LogP contribution in [-0.2, 0) is 24.5 Å². The van der Waals surface area contributed by atoms with Gasteiger partial charge in [-0.15, -0.1) is 0 Å². The van der Waals surface area contributed by atoms with Crippen LogP contribution in [-0.4, -0.2) is 27.4 Å². The fourth-order valence-corrected chi connectivity index (χ4v) is 3.06. The molecule has 0 radical (unpaired) electrons. The van der Waals surface area contributed by atoms with Gasteiger partial charge in [-0.2, -0.15) is 0 Å². The standard InChI is InChI=1S/C22H21N3O3/c1-24(14-18-10-7-13-27-18)22(26)15-25-20-12-6-5-11-19(20)23-21(25)16-28-17-8-3-2-4-9-17/h2-13H,14-16H2,1H3. The first-order valence-corrected chi connectivity index (χ1v) is 9.09. The van der Waals surface area contributed by atoms with Crippen LogP contribution in [0.5, 0.6) is 5.75 Å². The fraction of sp³-hybridized carbons (Fsp3) is 0.182. The maximum absolute atomic E-state index is 12.8. The van der Waals surface area contributed by atoms with Crippen LogP contribution in [0.25, 0.3) is 11.0 Å². The van der Waals surface area contributed by atoms with E-state index < -0.39 is 0 Å². The summed E-state index contributed by atoms with van der Waals surface area (Å²) in [7, 11) is 1.77. The molecule has 2 heterocycles. The molecule has 0 fully saturated rings. The summed E-state index contributed by atoms with van der Waals surface area (Å²) in [5.74, 6) is 2.20. The van der Waals surface area contributed by atoms with E-state index in [0.29, 0.717) is 12.4 Å². The summed E-state index contributed by atoms with van der Waals surface area (Å²) in [6, 6.07) is 21.0. The van der Waals surface area contributed by atoms with Gasteiger partial charge >= 0.3 is 0 Å². The lowest BCUT2D eigenvalue weighted by Gasteiger charge is -2.17. The van der Waals surface area contributed by atoms with Crippen molar-refractivity contribution in [2.75, 3.05) is 7.05 Å². The Hall–Kier alpha value is -3.54. The number of fused-ring (bicyclic) bond motifs is 1. The molecule has 0 N–H and O–H groups in total. The number of imidazole rings is 1. The van der Waals surface area contributed by atoms with E-state index in [4.69, 9.17) is 9.15 Å². The molecule has 0 aliphatic heterocycles. The number of amides is 1. The third-order valence-electron chi connectivity index (χ3n) is 4.54. The molecule has 0 bridgehead atoms. The monoisotopic (exact) mass is 375 g/mol. The number of aromatic nitrogens is 2. The topological polar surface area (TPSA) is 60.5 Å². The van der Waals surface area contributed by atoms with E-state index in [1.54, 1.807) is 18.2 Å². The minimum absolute atomic E-state index is 0.0273. The maximum atomic E-state index is 12.8. The highest BCUT2D eigenvalue weighted by atomic mass is 16.5. The van der Waals surface area contributed by atoms with E-state index in [1.807, 2.05) is 71.3 Å². The van der Waals surface area contributed by atoms with Crippen LogP contribution in [0.15, 0.2) is 77.4 Å². The SMILES string of the molecule is CN(Cc1ccco1)C(=O)Cn1c(COc2ccccc2)nc2ccccc21. The van der Waals surface area contributed by atoms with E-state index in [2.05, 4.69) is 4.98 Å². The first kappa shape index (κ1) is 17.9. The predicted octanol–water partition coefficient (Wildman–Crippen LogP) is 3.87. The highest BCUT2D eigenvalue weighted by Gasteiger charge is 2.17.